The number of amidine groups is 1. The summed E-state index contributed by atoms with van der Waals surface area (Å²) in [6.07, 6.45) is 17.2. The van der Waals surface area contributed by atoms with Gasteiger partial charge in [0.2, 0.25) is 5.84 Å². The third kappa shape index (κ3) is 7.10. The number of nitrogens with two attached hydrogens (primary N) is 1. The lowest BCUT2D eigenvalue weighted by Crippen LogP contribution is -2.52. The van der Waals surface area contributed by atoms with Gasteiger partial charge in [0.25, 0.3) is 0 Å². The molecule has 0 amide bonds. The highest BCUT2D eigenvalue weighted by molar-refractivity contribution is 5.81. The van der Waals surface area contributed by atoms with Gasteiger partial charge >= 0.3 is 5.97 Å². The molecule has 0 aromatic heterocycles. The highest BCUT2D eigenvalue weighted by atomic mass is 16.4. The van der Waals surface area contributed by atoms with Crippen molar-refractivity contribution in [2.45, 2.75) is 58.3 Å². The van der Waals surface area contributed by atoms with Crippen molar-refractivity contribution in [3.63, 3.8) is 0 Å². The molecule has 1 aliphatic rings. The van der Waals surface area contributed by atoms with Crippen molar-refractivity contribution in [1.82, 2.24) is 0 Å². The molecule has 0 saturated carbocycles. The number of quaternary nitrogens is 1. The van der Waals surface area contributed by atoms with Gasteiger partial charge in [0.05, 0.1) is 6.20 Å². The minimum Gasteiger partial charge on any atom is -0.477 e. The first-order valence-electron chi connectivity index (χ1n) is 8.83. The van der Waals surface area contributed by atoms with Crippen molar-refractivity contribution >= 4 is 11.8 Å². The summed E-state index contributed by atoms with van der Waals surface area (Å²) in [7, 11) is 0. The van der Waals surface area contributed by atoms with Crippen LogP contribution in [0.2, 0.25) is 0 Å². The van der Waals surface area contributed by atoms with Crippen molar-refractivity contribution in [3.05, 3.63) is 24.6 Å². The van der Waals surface area contributed by atoms with Crippen LogP contribution in [0.1, 0.15) is 58.3 Å². The van der Waals surface area contributed by atoms with Gasteiger partial charge in [0, 0.05) is 13.0 Å². The minimum absolute atomic E-state index is 0.0365. The molecule has 0 aromatic rings. The Morgan fingerprint density at radius 3 is 2.70 bits per heavy atom. The zero-order valence-corrected chi connectivity index (χ0v) is 14.4. The molecule has 1 heterocycles. The molecule has 5 heteroatoms. The molecular formula is C18H32N3O2+. The molecule has 5 nitrogen and oxygen atoms in total. The van der Waals surface area contributed by atoms with Gasteiger partial charge in [-0.2, -0.15) is 0 Å². The van der Waals surface area contributed by atoms with Gasteiger partial charge in [-0.25, -0.2) is 14.3 Å². The number of allylic oxidation sites excluding steroid dienone is 2. The third-order valence-corrected chi connectivity index (χ3v) is 4.18. The largest absolute Gasteiger partial charge is 0.477 e. The molecule has 0 saturated heterocycles. The highest BCUT2D eigenvalue weighted by Crippen LogP contribution is 2.21. The summed E-state index contributed by atoms with van der Waals surface area (Å²) in [5.74, 6) is 0.136. The fourth-order valence-corrected chi connectivity index (χ4v) is 2.93. The smallest absolute Gasteiger partial charge is 0.360 e. The average Bonchev–Trinajstić information content (AvgIpc) is 2.87. The second kappa shape index (κ2) is 11.1. The quantitative estimate of drug-likeness (QED) is 0.310. The molecule has 0 aromatic carbocycles. The standard InChI is InChI=1S/C18H31N3O2/c1-2-3-4-5-6-7-8-9-10-11-17-20-13-15-21(17,14-12-19)16-18(22)23/h4-5,13,15H,2-3,6-12,14,16,19H2,1H3/p+1/b5-4+. The molecule has 1 unspecified atom stereocenters. The predicted octanol–water partition coefficient (Wildman–Crippen LogP) is 3.43. The number of aliphatic imine (C=N–C) groups is 1. The Bertz CT molecular complexity index is 444. The van der Waals surface area contributed by atoms with Crippen LogP contribution in [0.5, 0.6) is 0 Å². The van der Waals surface area contributed by atoms with E-state index >= 15 is 0 Å². The van der Waals surface area contributed by atoms with Crippen molar-refractivity contribution < 1.29 is 14.4 Å². The maximum absolute atomic E-state index is 11.2. The first kappa shape index (κ1) is 19.6. The summed E-state index contributed by atoms with van der Waals surface area (Å²) in [6, 6.07) is 0. The first-order chi connectivity index (χ1) is 11.1. The van der Waals surface area contributed by atoms with Gasteiger partial charge < -0.3 is 10.8 Å². The van der Waals surface area contributed by atoms with E-state index in [1.54, 1.807) is 6.20 Å². The van der Waals surface area contributed by atoms with Crippen LogP contribution in [0.4, 0.5) is 0 Å². The topological polar surface area (TPSA) is 75.7 Å². The average molecular weight is 322 g/mol. The molecule has 1 atom stereocenters. The Hall–Kier alpha value is -1.46. The number of hydrogen-bond donors (Lipinski definition) is 2. The van der Waals surface area contributed by atoms with Crippen LogP contribution in [-0.4, -0.2) is 41.0 Å². The van der Waals surface area contributed by atoms with Crippen molar-refractivity contribution in [2.75, 3.05) is 19.6 Å². The third-order valence-electron chi connectivity index (χ3n) is 4.18. The number of unbranched alkanes of at least 4 members (excludes halogenated alkanes) is 5. The zero-order valence-electron chi connectivity index (χ0n) is 14.4. The maximum atomic E-state index is 11.2. The van der Waals surface area contributed by atoms with E-state index in [-0.39, 0.29) is 6.54 Å². The van der Waals surface area contributed by atoms with Crippen molar-refractivity contribution in [2.24, 2.45) is 10.7 Å². The summed E-state index contributed by atoms with van der Waals surface area (Å²) in [6.45, 7) is 3.29. The molecule has 0 spiro atoms. The van der Waals surface area contributed by atoms with Crippen LogP contribution >= 0.6 is 0 Å². The van der Waals surface area contributed by atoms with E-state index in [1.165, 1.54) is 25.7 Å². The number of carbonyl (C=O) groups is 1. The van der Waals surface area contributed by atoms with Gasteiger partial charge in [-0.1, -0.05) is 38.3 Å². The Kier molecular flexibility index (Phi) is 9.48. The van der Waals surface area contributed by atoms with Crippen LogP contribution in [0.25, 0.3) is 0 Å². The maximum Gasteiger partial charge on any atom is 0.360 e. The molecule has 0 bridgehead atoms. The second-order valence-corrected chi connectivity index (χ2v) is 6.15. The number of aliphatic carboxylic acids is 1. The molecule has 0 aliphatic carbocycles. The number of hydrogen-bond acceptors (Lipinski definition) is 3. The molecule has 23 heavy (non-hydrogen) atoms. The summed E-state index contributed by atoms with van der Waals surface area (Å²) < 4.78 is 0.297. The monoisotopic (exact) mass is 322 g/mol. The van der Waals surface area contributed by atoms with Crippen LogP contribution in [0.15, 0.2) is 29.5 Å². The minimum atomic E-state index is -0.809. The van der Waals surface area contributed by atoms with E-state index in [0.29, 0.717) is 17.6 Å². The normalized spacial score (nSPS) is 20.3. The zero-order chi connectivity index (χ0) is 17.0. The van der Waals surface area contributed by atoms with E-state index in [2.05, 4.69) is 24.1 Å². The lowest BCUT2D eigenvalue weighted by molar-refractivity contribution is -0.778. The molecule has 130 valence electrons. The molecule has 3 N–H and O–H groups in total. The van der Waals surface area contributed by atoms with Gasteiger partial charge in [0.15, 0.2) is 6.54 Å². The molecular weight excluding hydrogens is 290 g/mol. The summed E-state index contributed by atoms with van der Waals surface area (Å²) in [5, 5.41) is 9.16. The number of carboxylic acids is 1. The predicted molar refractivity (Wildman–Crippen MR) is 95.0 cm³/mol. The first-order valence-corrected chi connectivity index (χ1v) is 8.83. The summed E-state index contributed by atoms with van der Waals surface area (Å²) >= 11 is 0. The Balaban J connectivity index is 2.29. The molecule has 0 fully saturated rings. The van der Waals surface area contributed by atoms with Crippen molar-refractivity contribution in [3.8, 4) is 0 Å². The van der Waals surface area contributed by atoms with Crippen molar-refractivity contribution in [1.29, 1.82) is 0 Å². The van der Waals surface area contributed by atoms with Crippen LogP contribution in [-0.2, 0) is 4.79 Å². The van der Waals surface area contributed by atoms with E-state index in [4.69, 9.17) is 10.8 Å². The molecule has 0 radical (unpaired) electrons. The summed E-state index contributed by atoms with van der Waals surface area (Å²) in [4.78, 5) is 15.6. The van der Waals surface area contributed by atoms with E-state index in [9.17, 15) is 4.79 Å². The molecule has 1 rings (SSSR count). The van der Waals surface area contributed by atoms with Gasteiger partial charge in [-0.05, 0) is 25.7 Å². The second-order valence-electron chi connectivity index (χ2n) is 6.15. The van der Waals surface area contributed by atoms with Gasteiger partial charge in [-0.3, -0.25) is 0 Å². The van der Waals surface area contributed by atoms with Crippen LogP contribution in [0, 0.1) is 0 Å². The van der Waals surface area contributed by atoms with E-state index in [0.717, 1.165) is 31.5 Å². The van der Waals surface area contributed by atoms with Crippen LogP contribution < -0.4 is 5.73 Å². The number of carboxylic acid groups (broad SMARTS) is 1. The SMILES string of the molecule is CCC/C=C/CCCCCCC1=NC=C[N+]1(CCN)CC(=O)O. The fraction of sp³-hybridized carbons (Fsp3) is 0.667. The number of rotatable bonds is 13. The Morgan fingerprint density at radius 1 is 1.26 bits per heavy atom. The summed E-state index contributed by atoms with van der Waals surface area (Å²) in [5.41, 5.74) is 5.67. The van der Waals surface area contributed by atoms with Gasteiger partial charge in [0.1, 0.15) is 12.7 Å². The lowest BCUT2D eigenvalue weighted by Gasteiger charge is -2.30. The Labute approximate surface area is 140 Å². The van der Waals surface area contributed by atoms with E-state index in [1.807, 2.05) is 6.20 Å². The van der Waals surface area contributed by atoms with Crippen LogP contribution in [0.3, 0.4) is 0 Å². The van der Waals surface area contributed by atoms with Gasteiger partial charge in [-0.15, -0.1) is 0 Å². The number of nitrogens with zero attached hydrogens (tertiary/aromatic N) is 2. The fourth-order valence-electron chi connectivity index (χ4n) is 2.93. The Morgan fingerprint density at radius 2 is 2.00 bits per heavy atom. The highest BCUT2D eigenvalue weighted by Gasteiger charge is 2.36. The lowest BCUT2D eigenvalue weighted by atomic mass is 10.1. The molecule has 1 aliphatic heterocycles. The van der Waals surface area contributed by atoms with E-state index < -0.39 is 5.97 Å².